The summed E-state index contributed by atoms with van der Waals surface area (Å²) in [7, 11) is 0. The number of nitrogens with one attached hydrogen (secondary N) is 2. The molecule has 0 bridgehead atoms. The average Bonchev–Trinajstić information content (AvgIpc) is 2.47. The van der Waals surface area contributed by atoms with Crippen molar-refractivity contribution in [3.63, 3.8) is 0 Å². The molecule has 2 rings (SSSR count). The molecule has 0 fully saturated rings. The van der Waals surface area contributed by atoms with Gasteiger partial charge >= 0.3 is 0 Å². The fraction of sp³-hybridized carbons (Fsp3) is 0.0667. The van der Waals surface area contributed by atoms with E-state index in [9.17, 15) is 4.79 Å². The number of aryl methyl sites for hydroxylation is 1. The molecule has 120 valence electrons. The average molecular weight is 453 g/mol. The molecule has 0 spiro atoms. The van der Waals surface area contributed by atoms with Crippen molar-refractivity contribution >= 4 is 79.7 Å². The molecule has 0 aliphatic heterocycles. The molecule has 0 unspecified atom stereocenters. The number of halogens is 4. The largest absolute Gasteiger partial charge is 0.331 e. The normalized spacial score (nSPS) is 10.3. The Morgan fingerprint density at radius 1 is 1.09 bits per heavy atom. The summed E-state index contributed by atoms with van der Waals surface area (Å²) in [4.78, 5) is 12.2. The second-order valence-electron chi connectivity index (χ2n) is 4.62. The van der Waals surface area contributed by atoms with Crippen LogP contribution in [0.3, 0.4) is 0 Å². The first-order chi connectivity index (χ1) is 10.8. The molecule has 2 aromatic rings. The van der Waals surface area contributed by atoms with Crippen LogP contribution in [0.2, 0.25) is 15.1 Å². The van der Waals surface area contributed by atoms with E-state index in [0.29, 0.717) is 26.3 Å². The van der Waals surface area contributed by atoms with Gasteiger partial charge in [-0.25, -0.2) is 0 Å². The molecule has 2 N–H and O–H groups in total. The van der Waals surface area contributed by atoms with Crippen molar-refractivity contribution in [2.75, 3.05) is 5.32 Å². The molecule has 8 heteroatoms. The van der Waals surface area contributed by atoms with Gasteiger partial charge in [0.25, 0.3) is 5.91 Å². The minimum Gasteiger partial charge on any atom is -0.331 e. The van der Waals surface area contributed by atoms with E-state index in [1.165, 1.54) is 12.1 Å². The maximum absolute atomic E-state index is 12.2. The lowest BCUT2D eigenvalue weighted by Gasteiger charge is -2.12. The highest BCUT2D eigenvalue weighted by Crippen LogP contribution is 2.32. The van der Waals surface area contributed by atoms with Crippen LogP contribution < -0.4 is 10.6 Å². The second-order valence-corrected chi connectivity index (χ2v) is 7.10. The Hall–Kier alpha value is -0.850. The highest BCUT2D eigenvalue weighted by Gasteiger charge is 2.11. The van der Waals surface area contributed by atoms with Crippen LogP contribution in [0, 0.1) is 6.92 Å². The Kier molecular flexibility index (Phi) is 6.28. The van der Waals surface area contributed by atoms with Crippen LogP contribution in [0.25, 0.3) is 0 Å². The number of thiocarbonyl (C=S) groups is 1. The zero-order chi connectivity index (χ0) is 17.1. The first kappa shape index (κ1) is 18.5. The van der Waals surface area contributed by atoms with E-state index in [-0.39, 0.29) is 11.0 Å². The fourth-order valence-electron chi connectivity index (χ4n) is 1.68. The number of carbonyl (C=O) groups is 1. The predicted molar refractivity (Wildman–Crippen MR) is 104 cm³/mol. The predicted octanol–water partition coefficient (Wildman–Crippen LogP) is 5.84. The Bertz CT molecular complexity index is 799. The van der Waals surface area contributed by atoms with Crippen LogP contribution in [0.15, 0.2) is 34.8 Å². The van der Waals surface area contributed by atoms with Crippen LogP contribution in [0.4, 0.5) is 5.69 Å². The maximum atomic E-state index is 12.2. The van der Waals surface area contributed by atoms with E-state index in [1.807, 2.05) is 13.0 Å². The number of rotatable bonds is 2. The van der Waals surface area contributed by atoms with Gasteiger partial charge in [-0.05, 0) is 49.0 Å². The van der Waals surface area contributed by atoms with E-state index in [0.717, 1.165) is 10.0 Å². The first-order valence-corrected chi connectivity index (χ1v) is 8.64. The van der Waals surface area contributed by atoms with Gasteiger partial charge in [0.2, 0.25) is 0 Å². The molecule has 0 saturated heterocycles. The van der Waals surface area contributed by atoms with Crippen molar-refractivity contribution < 1.29 is 4.79 Å². The lowest BCUT2D eigenvalue weighted by atomic mass is 10.1. The van der Waals surface area contributed by atoms with E-state index >= 15 is 0 Å². The Morgan fingerprint density at radius 3 is 2.39 bits per heavy atom. The number of hydrogen-bond acceptors (Lipinski definition) is 2. The summed E-state index contributed by atoms with van der Waals surface area (Å²) in [6.07, 6.45) is 0. The fourth-order valence-corrected chi connectivity index (χ4v) is 2.86. The van der Waals surface area contributed by atoms with Crippen LogP contribution in [0.5, 0.6) is 0 Å². The standard InChI is InChI=1S/C15H10BrCl3N2OS/c1-7-2-3-8(4-9(7)16)14(22)21-15(23)20-13-6-11(18)10(17)5-12(13)19/h2-6H,1H3,(H2,20,21,22,23). The summed E-state index contributed by atoms with van der Waals surface area (Å²) in [6.45, 7) is 1.93. The van der Waals surface area contributed by atoms with Gasteiger partial charge < -0.3 is 5.32 Å². The second kappa shape index (κ2) is 7.81. The summed E-state index contributed by atoms with van der Waals surface area (Å²) in [6, 6.07) is 8.30. The number of hydrogen-bond donors (Lipinski definition) is 2. The van der Waals surface area contributed by atoms with Crippen LogP contribution in [-0.2, 0) is 0 Å². The quantitative estimate of drug-likeness (QED) is 0.444. The van der Waals surface area contributed by atoms with Crippen LogP contribution >= 0.6 is 63.0 Å². The Labute approximate surface area is 162 Å². The summed E-state index contributed by atoms with van der Waals surface area (Å²) in [5.74, 6) is -0.334. The van der Waals surface area contributed by atoms with Gasteiger partial charge in [0, 0.05) is 10.0 Å². The highest BCUT2D eigenvalue weighted by molar-refractivity contribution is 9.10. The molecule has 0 aliphatic rings. The van der Waals surface area contributed by atoms with Crippen LogP contribution in [0.1, 0.15) is 15.9 Å². The molecule has 0 aromatic heterocycles. The molecule has 23 heavy (non-hydrogen) atoms. The van der Waals surface area contributed by atoms with Gasteiger partial charge in [-0.3, -0.25) is 10.1 Å². The number of anilines is 1. The van der Waals surface area contributed by atoms with E-state index in [1.54, 1.807) is 12.1 Å². The first-order valence-electron chi connectivity index (χ1n) is 6.31. The molecule has 0 aliphatic carbocycles. The third-order valence-corrected chi connectivity index (χ3v) is 5.01. The van der Waals surface area contributed by atoms with Crippen molar-refractivity contribution in [3.05, 3.63) is 61.0 Å². The molecule has 1 amide bonds. The van der Waals surface area contributed by atoms with Gasteiger partial charge in [-0.2, -0.15) is 0 Å². The summed E-state index contributed by atoms with van der Waals surface area (Å²) in [5, 5.41) is 6.51. The van der Waals surface area contributed by atoms with E-state index < -0.39 is 0 Å². The Balaban J connectivity index is 2.09. The Morgan fingerprint density at radius 2 is 1.74 bits per heavy atom. The van der Waals surface area contributed by atoms with Crippen molar-refractivity contribution in [1.29, 1.82) is 0 Å². The van der Waals surface area contributed by atoms with E-state index in [4.69, 9.17) is 47.0 Å². The molecule has 2 aromatic carbocycles. The zero-order valence-corrected chi connectivity index (χ0v) is 16.4. The van der Waals surface area contributed by atoms with Crippen molar-refractivity contribution in [3.8, 4) is 0 Å². The SMILES string of the molecule is Cc1ccc(C(=O)NC(=S)Nc2cc(Cl)c(Cl)cc2Cl)cc1Br. The third-order valence-electron chi connectivity index (χ3n) is 2.92. The molecule has 0 heterocycles. The van der Waals surface area contributed by atoms with Gasteiger partial charge in [-0.15, -0.1) is 0 Å². The van der Waals surface area contributed by atoms with E-state index in [2.05, 4.69) is 26.6 Å². The topological polar surface area (TPSA) is 41.1 Å². The van der Waals surface area contributed by atoms with Crippen molar-refractivity contribution in [2.45, 2.75) is 6.92 Å². The minimum atomic E-state index is -0.334. The minimum absolute atomic E-state index is 0.104. The van der Waals surface area contributed by atoms with Gasteiger partial charge in [0.05, 0.1) is 20.8 Å². The third kappa shape index (κ3) is 4.81. The molecule has 0 radical (unpaired) electrons. The van der Waals surface area contributed by atoms with Crippen LogP contribution in [-0.4, -0.2) is 11.0 Å². The van der Waals surface area contributed by atoms with Crippen molar-refractivity contribution in [2.24, 2.45) is 0 Å². The number of amides is 1. The summed E-state index contributed by atoms with van der Waals surface area (Å²) in [5.41, 5.74) is 1.97. The summed E-state index contributed by atoms with van der Waals surface area (Å²) >= 11 is 26.4. The number of benzene rings is 2. The lowest BCUT2D eigenvalue weighted by Crippen LogP contribution is -2.34. The molecule has 3 nitrogen and oxygen atoms in total. The molecule has 0 atom stereocenters. The zero-order valence-electron chi connectivity index (χ0n) is 11.7. The smallest absolute Gasteiger partial charge is 0.257 e. The monoisotopic (exact) mass is 450 g/mol. The van der Waals surface area contributed by atoms with Crippen molar-refractivity contribution in [1.82, 2.24) is 5.32 Å². The van der Waals surface area contributed by atoms with Gasteiger partial charge in [-0.1, -0.05) is 56.8 Å². The highest BCUT2D eigenvalue weighted by atomic mass is 79.9. The number of carbonyl (C=O) groups excluding carboxylic acids is 1. The lowest BCUT2D eigenvalue weighted by molar-refractivity contribution is 0.0977. The van der Waals surface area contributed by atoms with Gasteiger partial charge in [0.15, 0.2) is 5.11 Å². The summed E-state index contributed by atoms with van der Waals surface area (Å²) < 4.78 is 0.844. The molecular formula is C15H10BrCl3N2OS. The maximum Gasteiger partial charge on any atom is 0.257 e. The van der Waals surface area contributed by atoms with Gasteiger partial charge in [0.1, 0.15) is 0 Å². The molecular weight excluding hydrogens is 443 g/mol. The molecule has 0 saturated carbocycles.